The predicted molar refractivity (Wildman–Crippen MR) is 130 cm³/mol. The van der Waals surface area contributed by atoms with Crippen molar-refractivity contribution >= 4 is 17.5 Å². The van der Waals surface area contributed by atoms with Gasteiger partial charge in [0.25, 0.3) is 5.91 Å². The number of benzene rings is 2. The zero-order chi connectivity index (χ0) is 26.7. The van der Waals surface area contributed by atoms with Crippen molar-refractivity contribution in [2.24, 2.45) is 5.92 Å². The molecule has 1 atom stereocenters. The highest BCUT2D eigenvalue weighted by Gasteiger charge is 2.46. The van der Waals surface area contributed by atoms with E-state index in [-0.39, 0.29) is 34.5 Å². The fourth-order valence-corrected chi connectivity index (χ4v) is 4.21. The number of carbonyl (C=O) groups is 1. The van der Waals surface area contributed by atoms with E-state index >= 15 is 0 Å². The fraction of sp³-hybridized carbons (Fsp3) is 0.308. The van der Waals surface area contributed by atoms with Crippen molar-refractivity contribution in [2.75, 3.05) is 20.8 Å². The Labute approximate surface area is 216 Å². The van der Waals surface area contributed by atoms with E-state index in [2.05, 4.69) is 15.0 Å². The number of aliphatic hydroxyl groups is 1. The van der Waals surface area contributed by atoms with Gasteiger partial charge in [-0.25, -0.2) is 9.37 Å². The summed E-state index contributed by atoms with van der Waals surface area (Å²) in [6, 6.07) is 11.2. The number of amides is 1. The number of alkyl halides is 2. The summed E-state index contributed by atoms with van der Waals surface area (Å²) in [4.78, 5) is 17.5. The number of aromatic nitrogens is 1. The summed E-state index contributed by atoms with van der Waals surface area (Å²) < 4.78 is 53.7. The van der Waals surface area contributed by atoms with Crippen LogP contribution in [-0.2, 0) is 5.60 Å². The number of ether oxygens (including phenoxy) is 3. The molecule has 0 aliphatic heterocycles. The summed E-state index contributed by atoms with van der Waals surface area (Å²) in [5.41, 5.74) is -0.244. The molecule has 1 saturated carbocycles. The highest BCUT2D eigenvalue weighted by Crippen LogP contribution is 2.46. The van der Waals surface area contributed by atoms with Crippen LogP contribution in [0.1, 0.15) is 28.9 Å². The van der Waals surface area contributed by atoms with Crippen molar-refractivity contribution in [3.63, 3.8) is 0 Å². The van der Waals surface area contributed by atoms with E-state index in [1.165, 1.54) is 50.6 Å². The number of rotatable bonds is 10. The molecule has 0 bridgehead atoms. The van der Waals surface area contributed by atoms with Gasteiger partial charge in [0, 0.05) is 11.1 Å². The van der Waals surface area contributed by atoms with E-state index in [0.717, 1.165) is 12.8 Å². The van der Waals surface area contributed by atoms with Crippen LogP contribution in [0.5, 0.6) is 17.2 Å². The first-order chi connectivity index (χ1) is 17.7. The Morgan fingerprint density at radius 3 is 2.43 bits per heavy atom. The first-order valence-corrected chi connectivity index (χ1v) is 11.7. The van der Waals surface area contributed by atoms with Crippen LogP contribution in [-0.4, -0.2) is 43.4 Å². The molecule has 3 aromatic rings. The van der Waals surface area contributed by atoms with Crippen LogP contribution in [0.15, 0.2) is 48.5 Å². The Bertz CT molecular complexity index is 1310. The normalized spacial score (nSPS) is 14.7. The smallest absolute Gasteiger partial charge is 0.387 e. The topological polar surface area (TPSA) is 89.9 Å². The van der Waals surface area contributed by atoms with Gasteiger partial charge in [0.2, 0.25) is 0 Å². The van der Waals surface area contributed by atoms with Crippen LogP contribution in [0.2, 0.25) is 5.02 Å². The van der Waals surface area contributed by atoms with Gasteiger partial charge >= 0.3 is 6.61 Å². The number of hydrogen-bond acceptors (Lipinski definition) is 6. The molecule has 1 aromatic heterocycles. The number of pyridine rings is 1. The predicted octanol–water partition coefficient (Wildman–Crippen LogP) is 5.19. The first-order valence-electron chi connectivity index (χ1n) is 11.3. The molecule has 0 radical (unpaired) electrons. The maximum absolute atomic E-state index is 13.7. The summed E-state index contributed by atoms with van der Waals surface area (Å²) in [6.07, 6.45) is 1.45. The molecule has 1 fully saturated rings. The molecule has 4 rings (SSSR count). The lowest BCUT2D eigenvalue weighted by Crippen LogP contribution is -2.43. The standard InChI is InChI=1S/C26H24ClF3N2O5/c1-35-20-9-10-22(32-23(20)14-3-7-18(28)17(27)11-14)26(34,16-5-6-16)13-31-24(33)15-4-8-19(37-25(29)30)21(12-15)36-2/h3-4,7-12,16,25,34H,5-6,13H2,1-2H3,(H,31,33). The van der Waals surface area contributed by atoms with Crippen LogP contribution >= 0.6 is 11.6 Å². The SMILES string of the molecule is COc1cc(C(=O)NCC(O)(c2ccc(OC)c(-c3ccc(F)c(Cl)c3)n2)C2CC2)ccc1OC(F)F. The van der Waals surface area contributed by atoms with Gasteiger partial charge in [-0.05, 0) is 67.3 Å². The third-order valence-electron chi connectivity index (χ3n) is 6.13. The minimum Gasteiger partial charge on any atom is -0.494 e. The summed E-state index contributed by atoms with van der Waals surface area (Å²) in [5, 5.41) is 14.3. The quantitative estimate of drug-likeness (QED) is 0.371. The molecular formula is C26H24ClF3N2O5. The molecule has 2 N–H and O–H groups in total. The van der Waals surface area contributed by atoms with Gasteiger partial charge in [-0.2, -0.15) is 8.78 Å². The van der Waals surface area contributed by atoms with Crippen LogP contribution in [0.4, 0.5) is 13.2 Å². The zero-order valence-electron chi connectivity index (χ0n) is 19.9. The molecule has 0 saturated heterocycles. The van der Waals surface area contributed by atoms with E-state index in [9.17, 15) is 23.1 Å². The van der Waals surface area contributed by atoms with Crippen molar-refractivity contribution in [3.05, 3.63) is 70.6 Å². The molecule has 1 aliphatic rings. The first kappa shape index (κ1) is 26.6. The summed E-state index contributed by atoms with van der Waals surface area (Å²) >= 11 is 5.95. The van der Waals surface area contributed by atoms with Gasteiger partial charge in [-0.1, -0.05) is 11.6 Å². The van der Waals surface area contributed by atoms with Crippen molar-refractivity contribution < 1.29 is 37.3 Å². The number of methoxy groups -OCH3 is 2. The minimum atomic E-state index is -3.05. The Morgan fingerprint density at radius 1 is 1.11 bits per heavy atom. The van der Waals surface area contributed by atoms with Crippen molar-refractivity contribution in [1.29, 1.82) is 0 Å². The summed E-state index contributed by atoms with van der Waals surface area (Å²) in [7, 11) is 2.73. The van der Waals surface area contributed by atoms with E-state index in [1.54, 1.807) is 12.1 Å². The van der Waals surface area contributed by atoms with Gasteiger partial charge < -0.3 is 24.6 Å². The third-order valence-corrected chi connectivity index (χ3v) is 6.42. The largest absolute Gasteiger partial charge is 0.494 e. The van der Waals surface area contributed by atoms with Crippen LogP contribution in [0.25, 0.3) is 11.3 Å². The lowest BCUT2D eigenvalue weighted by molar-refractivity contribution is -0.0512. The number of carbonyl (C=O) groups excluding carboxylic acids is 1. The molecule has 2 aromatic carbocycles. The van der Waals surface area contributed by atoms with E-state index in [0.29, 0.717) is 22.7 Å². The van der Waals surface area contributed by atoms with Gasteiger partial charge in [-0.3, -0.25) is 4.79 Å². The average Bonchev–Trinajstić information content (AvgIpc) is 3.74. The highest BCUT2D eigenvalue weighted by molar-refractivity contribution is 6.31. The average molecular weight is 537 g/mol. The fourth-order valence-electron chi connectivity index (χ4n) is 4.03. The summed E-state index contributed by atoms with van der Waals surface area (Å²) in [6.45, 7) is -3.22. The Hall–Kier alpha value is -3.50. The molecular weight excluding hydrogens is 513 g/mol. The van der Waals surface area contributed by atoms with Crippen molar-refractivity contribution in [1.82, 2.24) is 10.3 Å². The maximum Gasteiger partial charge on any atom is 0.387 e. The van der Waals surface area contributed by atoms with Crippen LogP contribution in [0, 0.1) is 11.7 Å². The zero-order valence-corrected chi connectivity index (χ0v) is 20.7. The highest BCUT2D eigenvalue weighted by atomic mass is 35.5. The Morgan fingerprint density at radius 2 is 1.81 bits per heavy atom. The lowest BCUT2D eigenvalue weighted by Gasteiger charge is -2.29. The molecule has 1 aliphatic carbocycles. The number of halogens is 4. The van der Waals surface area contributed by atoms with Gasteiger partial charge in [0.1, 0.15) is 22.9 Å². The van der Waals surface area contributed by atoms with E-state index in [1.807, 2.05) is 0 Å². The second-order valence-electron chi connectivity index (χ2n) is 8.50. The molecule has 0 spiro atoms. The van der Waals surface area contributed by atoms with Crippen molar-refractivity contribution in [2.45, 2.75) is 25.1 Å². The second kappa shape index (κ2) is 10.9. The van der Waals surface area contributed by atoms with Gasteiger partial charge in [0.15, 0.2) is 11.5 Å². The van der Waals surface area contributed by atoms with Crippen molar-refractivity contribution in [3.8, 4) is 28.5 Å². The molecule has 37 heavy (non-hydrogen) atoms. The minimum absolute atomic E-state index is 0.0372. The summed E-state index contributed by atoms with van der Waals surface area (Å²) in [5.74, 6) is -1.14. The van der Waals surface area contributed by atoms with Crippen LogP contribution in [0.3, 0.4) is 0 Å². The van der Waals surface area contributed by atoms with E-state index in [4.69, 9.17) is 21.1 Å². The maximum atomic E-state index is 13.7. The molecule has 11 heteroatoms. The number of nitrogens with one attached hydrogen (secondary N) is 1. The third kappa shape index (κ3) is 5.75. The second-order valence-corrected chi connectivity index (χ2v) is 8.91. The number of nitrogens with zero attached hydrogens (tertiary/aromatic N) is 1. The molecule has 1 amide bonds. The Balaban J connectivity index is 1.60. The van der Waals surface area contributed by atoms with E-state index < -0.39 is 23.9 Å². The molecule has 1 unspecified atom stereocenters. The number of hydrogen-bond donors (Lipinski definition) is 2. The Kier molecular flexibility index (Phi) is 7.79. The molecule has 1 heterocycles. The molecule has 196 valence electrons. The lowest BCUT2D eigenvalue weighted by atomic mass is 9.92. The van der Waals surface area contributed by atoms with Gasteiger partial charge in [-0.15, -0.1) is 0 Å². The monoisotopic (exact) mass is 536 g/mol. The van der Waals surface area contributed by atoms with Crippen LogP contribution < -0.4 is 19.5 Å². The molecule has 7 nitrogen and oxygen atoms in total. The van der Waals surface area contributed by atoms with Gasteiger partial charge in [0.05, 0.1) is 31.5 Å².